The zero-order chi connectivity index (χ0) is 103. The molecular weight excluding hydrogens is 1930 g/mol. The molecule has 14 atom stereocenters. The van der Waals surface area contributed by atoms with Crippen LogP contribution in [0.5, 0.6) is 0 Å². The molecule has 141 heavy (non-hydrogen) atoms. The van der Waals surface area contributed by atoms with Crippen molar-refractivity contribution in [1.82, 2.24) is 63.0 Å². The van der Waals surface area contributed by atoms with Gasteiger partial charge in [0.05, 0.1) is 36.8 Å². The Balaban J connectivity index is 0.000000315. The van der Waals surface area contributed by atoms with Crippen molar-refractivity contribution < 1.29 is 86.3 Å². The largest absolute Gasteiger partial charge is 0.370 e. The number of aliphatic imine (C=N–C) groups is 2. The lowest BCUT2D eigenvalue weighted by Crippen LogP contribution is -2.58. The van der Waals surface area contributed by atoms with Gasteiger partial charge in [0.1, 0.15) is 59.9 Å². The maximum absolute atomic E-state index is 14.7. The molecule has 6 fully saturated rings. The maximum Gasteiger partial charge on any atom is 0.243 e. The number of nitrogens with zero attached hydrogens (tertiary/aromatic N) is 4. The molecule has 14 amide bonds. The van der Waals surface area contributed by atoms with Gasteiger partial charge in [-0.2, -0.15) is 23.5 Å². The number of benzene rings is 2. The van der Waals surface area contributed by atoms with Crippen LogP contribution in [0.4, 0.5) is 0 Å². The summed E-state index contributed by atoms with van der Waals surface area (Å²) in [5.74, 6) is -14.1. The molecule has 4 aliphatic heterocycles. The zero-order valence-corrected chi connectivity index (χ0v) is 85.0. The van der Waals surface area contributed by atoms with Gasteiger partial charge >= 0.3 is 0 Å². The lowest BCUT2D eigenvalue weighted by molar-refractivity contribution is -0.143. The molecule has 0 bridgehead atoms. The molecule has 2 aromatic heterocycles. The number of nitrogens with two attached hydrogens (primary N) is 6. The van der Waals surface area contributed by atoms with E-state index < -0.39 is 204 Å². The molecule has 22 N–H and O–H groups in total. The Kier molecular flexibility index (Phi) is 46.1. The standard InChI is InChI=1S/C49H69ClN10O9S2.C48H67ClN10O9S2/c1-28(2)42-47(68)57-37(25-41(51)63)40(62)23-32(48(69)60-18-4-10-39(60)46(67)56-36(9-3-17-54-49(52)53)44(65)55-26-30-11-12-30)27-70-19-5-7-34(61)22-31(21-29-13-15-33(50)16-14-29)43(64)58-38(45(66)59-42)24-35-8-6-20-71-35;1-27(2)41-46(67)56-36(25-40(50)62)39(61)23-30(47(68)59-18-4-10-38(59)45(66)55-35(9-3-17-53-48(51)52)43(64)54-32-15-16-32)26-69-19-5-7-33(60)22-29(21-28-11-13-31(49)14-12-28)42(63)57-37(44(65)58-41)24-34-8-6-20-70-34/h6,8,13-16,20,28,30-32,36-39,42H,3-5,7,9-12,17-19,21-27H2,1-2H3,(H2,51,63)(H,55,65)(H,56,67)(H,57,68)(H,58,64)(H,59,66)(H4,52,53,54);6,8,11-14,20,27,29-30,32,35-38,41H,3-5,7,9-10,15-19,21-26H2,1-2H3,(H2,50,62)(H,54,64)(H,55,66)(H,56,67)(H,57,63)(H,58,65)(H4,51,52,53)/t31-,32+,36-,37+,38+,39+,42+;29-,30+,35-,36+,37+,38+,41+/m11/s1. The van der Waals surface area contributed by atoms with Crippen LogP contribution in [0.2, 0.25) is 10.0 Å². The minimum absolute atomic E-state index is 0.0273. The Bertz CT molecular complexity index is 5040. The quantitative estimate of drug-likeness (QED) is 0.0184. The fourth-order valence-electron chi connectivity index (χ4n) is 17.1. The van der Waals surface area contributed by atoms with Crippen LogP contribution in [-0.2, 0) is 112 Å². The van der Waals surface area contributed by atoms with Crippen LogP contribution in [0.15, 0.2) is 93.5 Å². The number of thiophene rings is 2. The first-order chi connectivity index (χ1) is 67.2. The van der Waals surface area contributed by atoms with E-state index in [-0.39, 0.29) is 143 Å². The molecular formula is C97H136Cl2N20O18S4. The van der Waals surface area contributed by atoms with Crippen LogP contribution in [0.1, 0.15) is 190 Å². The fourth-order valence-corrected chi connectivity index (χ4v) is 21.0. The van der Waals surface area contributed by atoms with Crippen LogP contribution in [0.25, 0.3) is 0 Å². The number of halogens is 2. The fraction of sp³-hybridized carbons (Fsp3) is 0.588. The van der Waals surface area contributed by atoms with E-state index >= 15 is 0 Å². The molecule has 0 unspecified atom stereocenters. The third-order valence-corrected chi connectivity index (χ3v) is 29.9. The van der Waals surface area contributed by atoms with Crippen molar-refractivity contribution in [3.8, 4) is 0 Å². The lowest BCUT2D eigenvalue weighted by Gasteiger charge is -2.30. The highest BCUT2D eigenvalue weighted by Gasteiger charge is 2.45. The molecule has 0 spiro atoms. The van der Waals surface area contributed by atoms with Crippen molar-refractivity contribution in [2.24, 2.45) is 85.8 Å². The van der Waals surface area contributed by atoms with E-state index in [0.29, 0.717) is 85.4 Å². The second kappa shape index (κ2) is 57.3. The van der Waals surface area contributed by atoms with Gasteiger partial charge in [-0.25, -0.2) is 0 Å². The SMILES string of the molecule is CC(C)[C@@H]1NC(=O)[C@H](Cc2cccs2)NC(=O)[C@H](Cc2ccc(Cl)cc2)CC(=O)CCCSC[C@@H](C(=O)N2CCC[C@H]2C(=O)N[C@H](CCCN=C(N)N)C(=O)NC2CC2)CC(=O)[C@H](CC(N)=O)NC1=O.CC(C)[C@@H]1NC(=O)[C@H](Cc2cccs2)NC(=O)[C@H](Cc2ccc(Cl)cc2)CC(=O)CCCSC[C@@H](C(=O)N2CCC[C@H]2C(=O)N[C@H](CCCN=C(N)N)C(=O)NCC2CC2)CC(=O)[C@H](CC(N)=O)NC1=O. The van der Waals surface area contributed by atoms with Gasteiger partial charge in [-0.05, 0) is 190 Å². The predicted molar refractivity (Wildman–Crippen MR) is 541 cm³/mol. The summed E-state index contributed by atoms with van der Waals surface area (Å²) in [6, 6.07) is 9.51. The summed E-state index contributed by atoms with van der Waals surface area (Å²) in [6.45, 7) is 8.06. The Morgan fingerprint density at radius 2 is 0.858 bits per heavy atom. The smallest absolute Gasteiger partial charge is 0.243 e. The Morgan fingerprint density at radius 1 is 0.461 bits per heavy atom. The van der Waals surface area contributed by atoms with Gasteiger partial charge in [0.2, 0.25) is 82.7 Å². The number of Topliss-reactive ketones (excluding diaryl/α,β-unsaturated/α-hetero) is 4. The van der Waals surface area contributed by atoms with E-state index in [1.807, 2.05) is 22.9 Å². The van der Waals surface area contributed by atoms with Gasteiger partial charge in [0, 0.05) is 133 Å². The highest BCUT2D eigenvalue weighted by molar-refractivity contribution is 7.99. The van der Waals surface area contributed by atoms with Crippen molar-refractivity contribution in [3.63, 3.8) is 0 Å². The van der Waals surface area contributed by atoms with Crippen molar-refractivity contribution >= 4 is 187 Å². The molecule has 2 saturated carbocycles. The van der Waals surface area contributed by atoms with Gasteiger partial charge in [0.15, 0.2) is 23.5 Å². The van der Waals surface area contributed by atoms with Crippen molar-refractivity contribution in [1.29, 1.82) is 0 Å². The molecule has 0 radical (unpaired) electrons. The number of hydrogen-bond donors (Lipinski definition) is 16. The van der Waals surface area contributed by atoms with Crippen molar-refractivity contribution in [2.75, 3.05) is 55.7 Å². The maximum atomic E-state index is 14.7. The minimum Gasteiger partial charge on any atom is -0.370 e. The Morgan fingerprint density at radius 3 is 1.22 bits per heavy atom. The zero-order valence-electron chi connectivity index (χ0n) is 80.2. The van der Waals surface area contributed by atoms with Crippen molar-refractivity contribution in [3.05, 3.63) is 114 Å². The number of carbonyl (C=O) groups is 18. The van der Waals surface area contributed by atoms with E-state index in [1.54, 1.807) is 88.4 Å². The molecule has 10 rings (SSSR count). The van der Waals surface area contributed by atoms with Gasteiger partial charge in [-0.1, -0.05) is 87.3 Å². The topological polar surface area (TPSA) is 615 Å². The van der Waals surface area contributed by atoms with Gasteiger partial charge in [0.25, 0.3) is 0 Å². The summed E-state index contributed by atoms with van der Waals surface area (Å²) in [5.41, 5.74) is 34.6. The number of amides is 14. The monoisotopic (exact) mass is 2070 g/mol. The number of ketones is 4. The summed E-state index contributed by atoms with van der Waals surface area (Å²) in [7, 11) is 0. The number of hydrogen-bond acceptors (Lipinski definition) is 24. The molecule has 6 aliphatic rings. The summed E-state index contributed by atoms with van der Waals surface area (Å²) < 4.78 is 0. The van der Waals surface area contributed by atoms with E-state index in [4.69, 9.17) is 57.6 Å². The van der Waals surface area contributed by atoms with Gasteiger partial charge in [-0.15, -0.1) is 22.7 Å². The molecule has 6 heterocycles. The van der Waals surface area contributed by atoms with E-state index in [0.717, 1.165) is 46.6 Å². The number of likely N-dealkylation sites (tertiary alicyclic amines) is 2. The third-order valence-electron chi connectivity index (χ3n) is 25.2. The number of nitrogens with one attached hydrogen (secondary N) is 10. The number of primary amides is 2. The summed E-state index contributed by atoms with van der Waals surface area (Å²) in [4.78, 5) is 262. The second-order valence-electron chi connectivity index (χ2n) is 37.6. The van der Waals surface area contributed by atoms with Gasteiger partial charge in [-0.3, -0.25) is 96.3 Å². The second-order valence-corrected chi connectivity index (χ2v) is 42.9. The van der Waals surface area contributed by atoms with Gasteiger partial charge < -0.3 is 97.4 Å². The molecule has 770 valence electrons. The van der Waals surface area contributed by atoms with Crippen LogP contribution >= 0.6 is 69.4 Å². The van der Waals surface area contributed by atoms with E-state index in [9.17, 15) is 86.3 Å². The summed E-state index contributed by atoms with van der Waals surface area (Å²) in [5, 5.41) is 32.7. The summed E-state index contributed by atoms with van der Waals surface area (Å²) >= 11 is 17.7. The van der Waals surface area contributed by atoms with Crippen LogP contribution in [0.3, 0.4) is 0 Å². The molecule has 4 saturated heterocycles. The van der Waals surface area contributed by atoms with E-state index in [1.165, 1.54) is 56.0 Å². The number of guanidine groups is 2. The average molecular weight is 2070 g/mol. The van der Waals surface area contributed by atoms with Crippen molar-refractivity contribution in [2.45, 2.75) is 261 Å². The number of rotatable bonds is 33. The Labute approximate surface area is 848 Å². The first kappa shape index (κ1) is 114. The average Bonchev–Trinajstić information content (AvgIpc) is 1.78. The molecule has 2 aliphatic carbocycles. The summed E-state index contributed by atoms with van der Waals surface area (Å²) in [6.07, 6.45) is 5.59. The van der Waals surface area contributed by atoms with Crippen LogP contribution in [0, 0.1) is 41.4 Å². The lowest BCUT2D eigenvalue weighted by atomic mass is 9.91. The first-order valence-electron chi connectivity index (χ1n) is 48.3. The molecule has 4 aromatic rings. The molecule has 38 nitrogen and oxygen atoms in total. The number of carbonyl (C=O) groups excluding carboxylic acids is 18. The van der Waals surface area contributed by atoms with E-state index in [2.05, 4.69) is 63.2 Å². The molecule has 44 heteroatoms. The van der Waals surface area contributed by atoms with Crippen LogP contribution < -0.4 is 87.6 Å². The Hall–Kier alpha value is -11.1. The first-order valence-corrected chi connectivity index (χ1v) is 53.2. The highest BCUT2D eigenvalue weighted by Crippen LogP contribution is 2.32. The predicted octanol–water partition coefficient (Wildman–Crippen LogP) is 3.56. The highest BCUT2D eigenvalue weighted by atomic mass is 35.5. The molecule has 2 aromatic carbocycles. The van der Waals surface area contributed by atoms with Crippen LogP contribution in [-0.4, -0.2) is 250 Å². The third kappa shape index (κ3) is 38.6. The number of thioether (sulfide) groups is 2. The normalized spacial score (nSPS) is 23.8. The minimum atomic E-state index is -1.48.